The molecule has 4 rings (SSSR count). The van der Waals surface area contributed by atoms with Crippen molar-refractivity contribution in [1.82, 2.24) is 14.4 Å². The van der Waals surface area contributed by atoms with Crippen molar-refractivity contribution in [2.24, 2.45) is 5.92 Å². The maximum Gasteiger partial charge on any atom is 0.419 e. The van der Waals surface area contributed by atoms with Gasteiger partial charge in [0.2, 0.25) is 5.91 Å². The number of hydrogen-bond donors (Lipinski definition) is 0. The van der Waals surface area contributed by atoms with Gasteiger partial charge in [0, 0.05) is 55.0 Å². The molecule has 6 heteroatoms. The molecule has 1 aromatic carbocycles. The molecule has 1 aliphatic heterocycles. The second-order valence-electron chi connectivity index (χ2n) is 8.70. The lowest BCUT2D eigenvalue weighted by molar-refractivity contribution is -0.134. The molecule has 0 spiro atoms. The molecule has 2 aromatic rings. The Hall–Kier alpha value is -2.60. The first-order valence-electron chi connectivity index (χ1n) is 16.4. The van der Waals surface area contributed by atoms with E-state index in [1.165, 1.54) is 10.6 Å². The molecule has 0 N–H and O–H groups in total. The minimum absolute atomic E-state index is 0.0877. The van der Waals surface area contributed by atoms with Gasteiger partial charge in [0.15, 0.2) is 0 Å². The third-order valence-electron chi connectivity index (χ3n) is 5.49. The van der Waals surface area contributed by atoms with Gasteiger partial charge in [-0.15, -0.1) is 0 Å². The minimum Gasteiger partial charge on any atom is -0.443 e. The van der Waals surface area contributed by atoms with Crippen molar-refractivity contribution >= 4 is 28.5 Å². The van der Waals surface area contributed by atoms with E-state index in [1.807, 2.05) is 0 Å². The van der Waals surface area contributed by atoms with Crippen LogP contribution in [0, 0.1) is 5.92 Å². The van der Waals surface area contributed by atoms with Gasteiger partial charge in [0.05, 0.1) is 11.4 Å². The molecular formula is C25H33N3O3. The highest BCUT2D eigenvalue weighted by atomic mass is 16.6. The molecule has 0 saturated carbocycles. The van der Waals surface area contributed by atoms with Gasteiger partial charge in [-0.1, -0.05) is 18.2 Å². The standard InChI is InChI=1S/C25H33N3O3/c1-7-27(8-2)23(29)17-12-19-18-10-9-11-20-22(18)16(13-21(19)26(6)14-17)15-28(20)24(30)31-25(3,4)5/h9-12,15,17,21H,7-8,13-14H2,1-6H3/t17-,21-/m1/s1/i1D3,2D3,6D3,7D2,8D2. The van der Waals surface area contributed by atoms with Crippen LogP contribution in [0.25, 0.3) is 16.5 Å². The predicted molar refractivity (Wildman–Crippen MR) is 123 cm³/mol. The van der Waals surface area contributed by atoms with Gasteiger partial charge in [0.25, 0.3) is 0 Å². The molecule has 0 radical (unpaired) electrons. The Morgan fingerprint density at radius 1 is 1.29 bits per heavy atom. The number of nitrogens with zero attached hydrogens (tertiary/aromatic N) is 3. The number of carbonyl (C=O) groups excluding carboxylic acids is 2. The number of ether oxygens (including phenoxy) is 1. The van der Waals surface area contributed by atoms with Crippen LogP contribution in [0.4, 0.5) is 4.79 Å². The van der Waals surface area contributed by atoms with Crippen molar-refractivity contribution in [3.8, 4) is 0 Å². The molecule has 2 atom stereocenters. The molecule has 2 heterocycles. The summed E-state index contributed by atoms with van der Waals surface area (Å²) in [6.45, 7) is -13.2. The number of hydrogen-bond acceptors (Lipinski definition) is 4. The van der Waals surface area contributed by atoms with Crippen molar-refractivity contribution in [3.05, 3.63) is 41.6 Å². The summed E-state index contributed by atoms with van der Waals surface area (Å²) in [5.41, 5.74) is 1.02. The van der Waals surface area contributed by atoms with E-state index in [0.29, 0.717) is 27.6 Å². The van der Waals surface area contributed by atoms with Crippen LogP contribution in [0.3, 0.4) is 0 Å². The van der Waals surface area contributed by atoms with Gasteiger partial charge in [0.1, 0.15) is 5.60 Å². The lowest BCUT2D eigenvalue weighted by atomic mass is 9.79. The fourth-order valence-electron chi connectivity index (χ4n) is 4.26. The van der Waals surface area contributed by atoms with Gasteiger partial charge in [-0.25, -0.2) is 4.79 Å². The van der Waals surface area contributed by atoms with Crippen LogP contribution in [-0.4, -0.2) is 64.5 Å². The van der Waals surface area contributed by atoms with Gasteiger partial charge in [-0.3, -0.25) is 14.3 Å². The number of fused-ring (bicyclic) bond motifs is 2. The zero-order valence-electron chi connectivity index (χ0n) is 30.5. The van der Waals surface area contributed by atoms with Crippen molar-refractivity contribution in [2.75, 3.05) is 26.5 Å². The van der Waals surface area contributed by atoms with Gasteiger partial charge in [-0.05, 0) is 70.6 Å². The number of likely N-dealkylation sites (N-methyl/N-ethyl adjacent to an activating group) is 1. The van der Waals surface area contributed by atoms with E-state index >= 15 is 0 Å². The summed E-state index contributed by atoms with van der Waals surface area (Å²) in [5.74, 6) is -3.20. The van der Waals surface area contributed by atoms with E-state index < -0.39 is 74.7 Å². The summed E-state index contributed by atoms with van der Waals surface area (Å²) in [5, 5.41) is 0.576. The summed E-state index contributed by atoms with van der Waals surface area (Å²) in [4.78, 5) is 27.6. The first-order chi connectivity index (χ1) is 19.7. The van der Waals surface area contributed by atoms with E-state index in [1.54, 1.807) is 45.2 Å². The van der Waals surface area contributed by atoms with Gasteiger partial charge in [-0.2, -0.15) is 0 Å². The number of benzene rings is 1. The van der Waals surface area contributed by atoms with Crippen LogP contribution < -0.4 is 0 Å². The van der Waals surface area contributed by atoms with Crippen molar-refractivity contribution in [3.63, 3.8) is 0 Å². The molecule has 1 amide bonds. The molecule has 166 valence electrons. The Bertz CT molecular complexity index is 1490. The SMILES string of the molecule is [2H]C([2H])([2H])N1C[C@H](C(=O)N(C([2H])([2H])C([2H])([2H])[2H])C([2H])([2H])C([2H])([2H])[2H])C=C2c3cccc4c3c(cn4C(=O)OC(C)(C)C)C[C@H]21. The Morgan fingerprint density at radius 3 is 2.74 bits per heavy atom. The summed E-state index contributed by atoms with van der Waals surface area (Å²) < 4.78 is 110. The topological polar surface area (TPSA) is 54.8 Å². The number of aromatic nitrogens is 1. The zero-order valence-corrected chi connectivity index (χ0v) is 17.5. The fraction of sp³-hybridized carbons (Fsp3) is 0.520. The van der Waals surface area contributed by atoms with Crippen molar-refractivity contribution < 1.29 is 32.1 Å². The molecule has 31 heavy (non-hydrogen) atoms. The summed E-state index contributed by atoms with van der Waals surface area (Å²) >= 11 is 0. The van der Waals surface area contributed by atoms with Crippen LogP contribution in [0.2, 0.25) is 0 Å². The Morgan fingerprint density at radius 2 is 2.06 bits per heavy atom. The largest absolute Gasteiger partial charge is 0.443 e. The molecule has 6 nitrogen and oxygen atoms in total. The van der Waals surface area contributed by atoms with Crippen LogP contribution in [0.1, 0.15) is 63.4 Å². The molecule has 0 unspecified atom stereocenters. The summed E-state index contributed by atoms with van der Waals surface area (Å²) in [6.07, 6.45) is 2.30. The normalized spacial score (nSPS) is 29.3. The smallest absolute Gasteiger partial charge is 0.419 e. The molecule has 0 fully saturated rings. The lowest BCUT2D eigenvalue weighted by Gasteiger charge is -2.40. The van der Waals surface area contributed by atoms with Gasteiger partial charge < -0.3 is 9.64 Å². The first-order valence-corrected chi connectivity index (χ1v) is 9.89. The van der Waals surface area contributed by atoms with Crippen LogP contribution in [-0.2, 0) is 16.0 Å². The van der Waals surface area contributed by atoms with E-state index in [2.05, 4.69) is 0 Å². The number of carbonyl (C=O) groups is 2. The second kappa shape index (κ2) is 7.83. The quantitative estimate of drug-likeness (QED) is 0.725. The van der Waals surface area contributed by atoms with E-state index in [0.717, 1.165) is 4.90 Å². The average Bonchev–Trinajstić information content (AvgIpc) is 3.20. The second-order valence-corrected chi connectivity index (χ2v) is 8.70. The Labute approximate surface area is 202 Å². The van der Waals surface area contributed by atoms with Gasteiger partial charge >= 0.3 is 6.09 Å². The monoisotopic (exact) mass is 436 g/mol. The maximum absolute atomic E-state index is 14.0. The minimum atomic E-state index is -3.79. The highest BCUT2D eigenvalue weighted by Gasteiger charge is 2.37. The van der Waals surface area contributed by atoms with Crippen LogP contribution in [0.15, 0.2) is 30.5 Å². The molecule has 1 aromatic heterocycles. The average molecular weight is 437 g/mol. The maximum atomic E-state index is 14.0. The Kier molecular flexibility index (Phi) is 2.73. The predicted octanol–water partition coefficient (Wildman–Crippen LogP) is 4.16. The fourth-order valence-corrected chi connectivity index (χ4v) is 4.26. The summed E-state index contributed by atoms with van der Waals surface area (Å²) in [7, 11) is 0. The molecule has 2 aliphatic rings. The zero-order chi connectivity index (χ0) is 33.6. The van der Waals surface area contributed by atoms with Crippen LogP contribution >= 0.6 is 0 Å². The highest BCUT2D eigenvalue weighted by molar-refractivity contribution is 6.02. The molecule has 0 saturated heterocycles. The first kappa shape index (κ1) is 10.8. The lowest BCUT2D eigenvalue weighted by Crippen LogP contribution is -2.47. The third-order valence-corrected chi connectivity index (χ3v) is 5.49. The summed E-state index contributed by atoms with van der Waals surface area (Å²) in [6, 6.07) is 4.06. The van der Waals surface area contributed by atoms with E-state index in [9.17, 15) is 9.59 Å². The number of amides is 1. The molecule has 0 bridgehead atoms. The molecule has 1 aliphatic carbocycles. The van der Waals surface area contributed by atoms with E-state index in [-0.39, 0.29) is 6.42 Å². The number of rotatable bonds is 3. The third kappa shape index (κ3) is 3.78. The van der Waals surface area contributed by atoms with Crippen molar-refractivity contribution in [1.29, 1.82) is 0 Å². The highest BCUT2D eigenvalue weighted by Crippen LogP contribution is 2.42. The van der Waals surface area contributed by atoms with Crippen LogP contribution in [0.5, 0.6) is 0 Å². The molecular weight excluding hydrogens is 390 g/mol. The Balaban J connectivity index is 1.92. The van der Waals surface area contributed by atoms with E-state index in [4.69, 9.17) is 22.6 Å². The van der Waals surface area contributed by atoms with Crippen molar-refractivity contribution in [2.45, 2.75) is 52.5 Å².